The number of ketones is 1. The summed E-state index contributed by atoms with van der Waals surface area (Å²) in [6.45, 7) is 2.60. The molecular weight excluding hydrogens is 532 g/mol. The number of rotatable bonds is 11. The molecule has 12 heteroatoms. The van der Waals surface area contributed by atoms with Gasteiger partial charge in [-0.25, -0.2) is 18.6 Å². The van der Waals surface area contributed by atoms with Gasteiger partial charge in [0, 0.05) is 19.5 Å². The van der Waals surface area contributed by atoms with E-state index >= 15 is 8.78 Å². The molecule has 0 saturated carbocycles. The lowest BCUT2D eigenvalue weighted by molar-refractivity contribution is -0.137. The fraction of sp³-hybridized carbons (Fsp3) is 0.407. The summed E-state index contributed by atoms with van der Waals surface area (Å²) in [5.41, 5.74) is 0.369. The lowest BCUT2D eigenvalue weighted by Crippen LogP contribution is -2.50. The molecule has 0 radical (unpaired) electrons. The van der Waals surface area contributed by atoms with Crippen molar-refractivity contribution in [2.24, 2.45) is 0 Å². The summed E-state index contributed by atoms with van der Waals surface area (Å²) in [6, 6.07) is 10.6. The van der Waals surface area contributed by atoms with Crippen LogP contribution < -0.4 is 5.32 Å². The summed E-state index contributed by atoms with van der Waals surface area (Å²) in [6.07, 6.45) is -2.91. The average molecular weight is 562 g/mol. The van der Waals surface area contributed by atoms with Crippen LogP contribution in [0.3, 0.4) is 0 Å². The van der Waals surface area contributed by atoms with Crippen LogP contribution in [0.25, 0.3) is 10.6 Å². The molecule has 0 unspecified atom stereocenters. The van der Waals surface area contributed by atoms with Gasteiger partial charge in [-0.15, -0.1) is 11.3 Å². The number of nitrogens with one attached hydrogen (secondary N) is 1. The van der Waals surface area contributed by atoms with Crippen molar-refractivity contribution in [3.63, 3.8) is 0 Å². The maximum Gasteiger partial charge on any atom is 0.410 e. The highest BCUT2D eigenvalue weighted by Gasteiger charge is 2.40. The smallest absolute Gasteiger partial charge is 0.410 e. The molecule has 1 N–H and O–H groups in total. The van der Waals surface area contributed by atoms with Crippen molar-refractivity contribution in [3.05, 3.63) is 65.5 Å². The number of halogens is 2. The molecule has 3 aromatic rings. The molecule has 2 atom stereocenters. The minimum atomic E-state index is -3.38. The van der Waals surface area contributed by atoms with E-state index in [2.05, 4.69) is 10.3 Å². The largest absolute Gasteiger partial charge is 0.436 e. The molecule has 208 valence electrons. The van der Waals surface area contributed by atoms with Crippen LogP contribution in [0.4, 0.5) is 13.6 Å². The predicted octanol–water partition coefficient (Wildman–Crippen LogP) is 4.59. The molecule has 2 amide bonds. The van der Waals surface area contributed by atoms with Gasteiger partial charge in [-0.1, -0.05) is 43.3 Å². The topological polar surface area (TPSA) is 111 Å². The van der Waals surface area contributed by atoms with Crippen LogP contribution in [0, 0.1) is 0 Å². The van der Waals surface area contributed by atoms with Crippen molar-refractivity contribution in [3.8, 4) is 10.6 Å². The van der Waals surface area contributed by atoms with Crippen molar-refractivity contribution in [1.29, 1.82) is 0 Å². The summed E-state index contributed by atoms with van der Waals surface area (Å²) < 4.78 is 46.3. The zero-order chi connectivity index (χ0) is 27.8. The summed E-state index contributed by atoms with van der Waals surface area (Å²) in [5.74, 6) is -4.83. The van der Waals surface area contributed by atoms with Gasteiger partial charge in [-0.05, 0) is 23.4 Å². The van der Waals surface area contributed by atoms with E-state index in [4.69, 9.17) is 13.9 Å². The molecule has 1 aliphatic rings. The quantitative estimate of drug-likeness (QED) is 0.341. The highest BCUT2D eigenvalue weighted by atomic mass is 32.1. The van der Waals surface area contributed by atoms with Crippen molar-refractivity contribution in [2.75, 3.05) is 26.3 Å². The van der Waals surface area contributed by atoms with Gasteiger partial charge < -0.3 is 24.1 Å². The number of morpholine rings is 1. The number of nitrogens with zero attached hydrogens (tertiary/aromatic N) is 2. The molecular formula is C27H29F2N3O6S. The first kappa shape index (κ1) is 28.4. The van der Waals surface area contributed by atoms with Gasteiger partial charge in [-0.3, -0.25) is 9.59 Å². The maximum absolute atomic E-state index is 15.1. The van der Waals surface area contributed by atoms with Crippen molar-refractivity contribution < 1.29 is 37.1 Å². The zero-order valence-corrected chi connectivity index (χ0v) is 22.1. The first-order valence-corrected chi connectivity index (χ1v) is 13.4. The number of oxazole rings is 1. The van der Waals surface area contributed by atoms with Gasteiger partial charge in [0.2, 0.25) is 5.78 Å². The second-order valence-electron chi connectivity index (χ2n) is 9.03. The van der Waals surface area contributed by atoms with Crippen molar-refractivity contribution >= 4 is 29.1 Å². The minimum absolute atomic E-state index is 0.131. The van der Waals surface area contributed by atoms with E-state index in [-0.39, 0.29) is 38.6 Å². The number of hydrogen-bond acceptors (Lipinski definition) is 8. The van der Waals surface area contributed by atoms with E-state index in [1.807, 2.05) is 17.5 Å². The number of alkyl halides is 2. The third-order valence-electron chi connectivity index (χ3n) is 6.12. The monoisotopic (exact) mass is 561 g/mol. The minimum Gasteiger partial charge on any atom is -0.436 e. The van der Waals surface area contributed by atoms with Gasteiger partial charge in [0.25, 0.3) is 17.7 Å². The number of carbonyl (C=O) groups excluding carboxylic acids is 3. The van der Waals surface area contributed by atoms with E-state index in [9.17, 15) is 14.4 Å². The first-order valence-electron chi connectivity index (χ1n) is 12.5. The van der Waals surface area contributed by atoms with Crippen LogP contribution in [-0.4, -0.2) is 72.0 Å². The van der Waals surface area contributed by atoms with E-state index in [1.54, 1.807) is 37.3 Å². The second-order valence-corrected chi connectivity index (χ2v) is 9.98. The number of thiophene rings is 1. The molecule has 1 aromatic carbocycles. The molecule has 0 aliphatic carbocycles. The van der Waals surface area contributed by atoms with Crippen molar-refractivity contribution in [1.82, 2.24) is 15.2 Å². The van der Waals surface area contributed by atoms with Gasteiger partial charge in [0.15, 0.2) is 11.9 Å². The molecule has 1 saturated heterocycles. The molecule has 9 nitrogen and oxygen atoms in total. The SMILES string of the molecule is CC[C@H](NC(=O)[C@H](CC(F)(F)Cc1ccccc1)OC(=O)N1CCOCC1)C(=O)c1ncc(-c2cccs2)o1. The fourth-order valence-corrected chi connectivity index (χ4v) is 4.73. The number of hydrogen-bond donors (Lipinski definition) is 1. The maximum atomic E-state index is 15.1. The molecule has 39 heavy (non-hydrogen) atoms. The van der Waals surface area contributed by atoms with Crippen LogP contribution in [0.1, 0.15) is 36.0 Å². The van der Waals surface area contributed by atoms with Gasteiger partial charge >= 0.3 is 6.09 Å². The number of aromatic nitrogens is 1. The molecule has 2 aromatic heterocycles. The standard InChI is InChI=1S/C27H29F2N3O6S/c1-2-19(23(33)25-30-17-21(37-25)22-9-6-14-39-22)31-24(34)20(38-26(35)32-10-12-36-13-11-32)16-27(28,29)15-18-7-4-3-5-8-18/h3-9,14,17,19-20H,2,10-13,15-16H2,1H3,(H,31,34)/t19-,20-/m0/s1. The Kier molecular flexibility index (Phi) is 9.41. The van der Waals surface area contributed by atoms with E-state index in [0.29, 0.717) is 11.3 Å². The highest BCUT2D eigenvalue weighted by Crippen LogP contribution is 2.28. The normalized spacial score (nSPS) is 15.4. The molecule has 1 fully saturated rings. The number of amides is 2. The van der Waals surface area contributed by atoms with Crippen LogP contribution in [0.15, 0.2) is 58.5 Å². The van der Waals surface area contributed by atoms with Crippen LogP contribution >= 0.6 is 11.3 Å². The Bertz CT molecular complexity index is 1250. The van der Waals surface area contributed by atoms with E-state index in [1.165, 1.54) is 22.4 Å². The Morgan fingerprint density at radius 2 is 1.90 bits per heavy atom. The first-order chi connectivity index (χ1) is 18.8. The lowest BCUT2D eigenvalue weighted by Gasteiger charge is -2.29. The van der Waals surface area contributed by atoms with Crippen LogP contribution in [-0.2, 0) is 20.7 Å². The number of Topliss-reactive ketones (excluding diaryl/α,β-unsaturated/α-hetero) is 1. The highest BCUT2D eigenvalue weighted by molar-refractivity contribution is 7.13. The third-order valence-corrected chi connectivity index (χ3v) is 7.00. The Morgan fingerprint density at radius 3 is 2.56 bits per heavy atom. The third kappa shape index (κ3) is 7.70. The predicted molar refractivity (Wildman–Crippen MR) is 139 cm³/mol. The molecule has 1 aliphatic heterocycles. The summed E-state index contributed by atoms with van der Waals surface area (Å²) in [7, 11) is 0. The zero-order valence-electron chi connectivity index (χ0n) is 21.3. The average Bonchev–Trinajstić information content (AvgIpc) is 3.64. The second kappa shape index (κ2) is 12.9. The van der Waals surface area contributed by atoms with Crippen molar-refractivity contribution in [2.45, 2.75) is 44.3 Å². The van der Waals surface area contributed by atoms with E-state index in [0.717, 1.165) is 4.88 Å². The van der Waals surface area contributed by atoms with Gasteiger partial charge in [0.1, 0.15) is 0 Å². The lowest BCUT2D eigenvalue weighted by atomic mass is 10.0. The molecule has 0 bridgehead atoms. The molecule has 4 rings (SSSR count). The summed E-state index contributed by atoms with van der Waals surface area (Å²) in [4.78, 5) is 45.1. The van der Waals surface area contributed by atoms with Crippen LogP contribution in [0.2, 0.25) is 0 Å². The fourth-order valence-electron chi connectivity index (χ4n) is 4.06. The Balaban J connectivity index is 1.48. The number of carbonyl (C=O) groups is 3. The Morgan fingerprint density at radius 1 is 1.15 bits per heavy atom. The number of ether oxygens (including phenoxy) is 2. The number of benzene rings is 1. The summed E-state index contributed by atoms with van der Waals surface area (Å²) >= 11 is 1.41. The van der Waals surface area contributed by atoms with E-state index < -0.39 is 48.7 Å². The van der Waals surface area contributed by atoms with Crippen LogP contribution in [0.5, 0.6) is 0 Å². The molecule has 0 spiro atoms. The molecule has 3 heterocycles. The Hall–Kier alpha value is -3.64. The van der Waals surface area contributed by atoms with Gasteiger partial charge in [0.05, 0.1) is 36.8 Å². The summed E-state index contributed by atoms with van der Waals surface area (Å²) in [5, 5.41) is 4.31. The Labute approximate surface area is 228 Å². The van der Waals surface area contributed by atoms with Gasteiger partial charge in [-0.2, -0.15) is 0 Å².